The summed E-state index contributed by atoms with van der Waals surface area (Å²) >= 11 is 0. The predicted octanol–water partition coefficient (Wildman–Crippen LogP) is 8.27. The largest absolute Gasteiger partial charge is 0.0730 e. The van der Waals surface area contributed by atoms with E-state index in [0.29, 0.717) is 0 Å². The quantitative estimate of drug-likeness (QED) is 0.438. The smallest absolute Gasteiger partial charge is 0.0249 e. The molecule has 152 valence electrons. The van der Waals surface area contributed by atoms with Gasteiger partial charge in [0.1, 0.15) is 0 Å². The van der Waals surface area contributed by atoms with Crippen LogP contribution in [0.3, 0.4) is 0 Å². The molecule has 0 heterocycles. The Morgan fingerprint density at radius 1 is 0.786 bits per heavy atom. The molecule has 2 aliphatic carbocycles. The summed E-state index contributed by atoms with van der Waals surface area (Å²) in [4.78, 5) is 0. The van der Waals surface area contributed by atoms with Gasteiger partial charge in [-0.05, 0) is 98.8 Å². The first kappa shape index (κ1) is 21.2. The van der Waals surface area contributed by atoms with Gasteiger partial charge < -0.3 is 0 Å². The topological polar surface area (TPSA) is 0 Å². The molecule has 0 spiro atoms. The molecule has 2 aliphatic rings. The van der Waals surface area contributed by atoms with Gasteiger partial charge in [-0.2, -0.15) is 0 Å². The Labute approximate surface area is 174 Å². The Hall–Kier alpha value is -1.48. The molecule has 2 saturated carbocycles. The van der Waals surface area contributed by atoms with Gasteiger partial charge in [-0.15, -0.1) is 0 Å². The van der Waals surface area contributed by atoms with Gasteiger partial charge in [0.05, 0.1) is 0 Å². The van der Waals surface area contributed by atoms with Crippen molar-refractivity contribution < 1.29 is 0 Å². The first-order chi connectivity index (χ1) is 13.8. The molecular formula is C28H40. The zero-order valence-corrected chi connectivity index (χ0v) is 18.3. The first-order valence-electron chi connectivity index (χ1n) is 12.1. The van der Waals surface area contributed by atoms with E-state index < -0.39 is 0 Å². The van der Waals surface area contributed by atoms with E-state index in [9.17, 15) is 0 Å². The Morgan fingerprint density at radius 2 is 1.36 bits per heavy atom. The maximum Gasteiger partial charge on any atom is 0.0249 e. The van der Waals surface area contributed by atoms with Crippen molar-refractivity contribution in [3.63, 3.8) is 0 Å². The molecule has 0 bridgehead atoms. The Bertz CT molecular complexity index is 638. The summed E-state index contributed by atoms with van der Waals surface area (Å²) in [5.41, 5.74) is 2.68. The summed E-state index contributed by atoms with van der Waals surface area (Å²) in [5, 5.41) is 0. The molecule has 0 radical (unpaired) electrons. The minimum Gasteiger partial charge on any atom is -0.0730 e. The Balaban J connectivity index is 1.44. The van der Waals surface area contributed by atoms with E-state index in [4.69, 9.17) is 0 Å². The van der Waals surface area contributed by atoms with Crippen LogP contribution >= 0.6 is 0 Å². The molecular weight excluding hydrogens is 336 g/mol. The van der Waals surface area contributed by atoms with E-state index in [2.05, 4.69) is 62.1 Å². The van der Waals surface area contributed by atoms with Crippen molar-refractivity contribution in [3.05, 3.63) is 47.5 Å². The second-order valence-electron chi connectivity index (χ2n) is 9.33. The van der Waals surface area contributed by atoms with Gasteiger partial charge in [-0.1, -0.05) is 69.6 Å². The third-order valence-electron chi connectivity index (χ3n) is 7.18. The Kier molecular flexibility index (Phi) is 8.72. The molecule has 0 nitrogen and oxygen atoms in total. The van der Waals surface area contributed by atoms with Crippen LogP contribution < -0.4 is 0 Å². The zero-order valence-electron chi connectivity index (χ0n) is 18.3. The van der Waals surface area contributed by atoms with E-state index >= 15 is 0 Å². The van der Waals surface area contributed by atoms with E-state index in [0.717, 1.165) is 29.2 Å². The molecule has 0 aliphatic heterocycles. The van der Waals surface area contributed by atoms with Crippen LogP contribution in [-0.2, 0) is 0 Å². The molecule has 3 rings (SSSR count). The molecule has 0 heteroatoms. The molecule has 2 fully saturated rings. The third-order valence-corrected chi connectivity index (χ3v) is 7.18. The predicted molar refractivity (Wildman–Crippen MR) is 122 cm³/mol. The second kappa shape index (κ2) is 11.5. The van der Waals surface area contributed by atoms with Crippen molar-refractivity contribution >= 4 is 0 Å². The highest BCUT2D eigenvalue weighted by atomic mass is 14.3. The molecule has 1 aromatic rings. The van der Waals surface area contributed by atoms with Crippen LogP contribution in [0.15, 0.2) is 36.4 Å². The van der Waals surface area contributed by atoms with Gasteiger partial charge in [0, 0.05) is 5.56 Å². The van der Waals surface area contributed by atoms with Crippen molar-refractivity contribution in [3.8, 4) is 11.8 Å². The maximum absolute atomic E-state index is 3.33. The fourth-order valence-electron chi connectivity index (χ4n) is 5.42. The summed E-state index contributed by atoms with van der Waals surface area (Å²) in [6.07, 6.45) is 21.1. The van der Waals surface area contributed by atoms with Crippen molar-refractivity contribution in [2.45, 2.75) is 96.8 Å². The summed E-state index contributed by atoms with van der Waals surface area (Å²) < 4.78 is 0. The van der Waals surface area contributed by atoms with Crippen LogP contribution in [0, 0.1) is 29.6 Å². The number of allylic oxidation sites excluding steroid dienone is 2. The highest BCUT2D eigenvalue weighted by molar-refractivity contribution is 5.39. The summed E-state index contributed by atoms with van der Waals surface area (Å²) in [6.45, 7) is 4.63. The number of rotatable bonds is 6. The van der Waals surface area contributed by atoms with Crippen LogP contribution in [-0.4, -0.2) is 0 Å². The molecule has 0 N–H and O–H groups in total. The molecule has 28 heavy (non-hydrogen) atoms. The van der Waals surface area contributed by atoms with Gasteiger partial charge in [0.25, 0.3) is 0 Å². The lowest BCUT2D eigenvalue weighted by molar-refractivity contribution is 0.294. The minimum atomic E-state index is 0.757. The second-order valence-corrected chi connectivity index (χ2v) is 9.33. The van der Waals surface area contributed by atoms with Crippen LogP contribution in [0.25, 0.3) is 0 Å². The average molecular weight is 377 g/mol. The highest BCUT2D eigenvalue weighted by Crippen LogP contribution is 2.37. The lowest BCUT2D eigenvalue weighted by Gasteiger charge is -2.28. The molecule has 1 aromatic carbocycles. The van der Waals surface area contributed by atoms with Crippen LogP contribution in [0.5, 0.6) is 0 Å². The van der Waals surface area contributed by atoms with Gasteiger partial charge >= 0.3 is 0 Å². The van der Waals surface area contributed by atoms with E-state index in [-0.39, 0.29) is 0 Å². The molecule has 0 saturated heterocycles. The standard InChI is InChI=1S/C28H40/c1-3-7-23-11-13-25(14-12-23)9-5-6-10-26-17-21-28(22-18-26)27-19-15-24(8-4-2)16-20-27/h5,9,17-18,21-25,27H,3-4,7-8,11-16,19-20H2,1-2H3/b9-5+. The monoisotopic (exact) mass is 376 g/mol. The summed E-state index contributed by atoms with van der Waals surface area (Å²) in [6, 6.07) is 9.11. The van der Waals surface area contributed by atoms with Crippen molar-refractivity contribution in [2.75, 3.05) is 0 Å². The van der Waals surface area contributed by atoms with Crippen molar-refractivity contribution in [2.24, 2.45) is 17.8 Å². The van der Waals surface area contributed by atoms with E-state index in [1.807, 2.05) is 0 Å². The number of hydrogen-bond acceptors (Lipinski definition) is 0. The third kappa shape index (κ3) is 6.55. The van der Waals surface area contributed by atoms with Crippen molar-refractivity contribution in [1.82, 2.24) is 0 Å². The van der Waals surface area contributed by atoms with Crippen LogP contribution in [0.4, 0.5) is 0 Å². The summed E-state index contributed by atoms with van der Waals surface area (Å²) in [5.74, 6) is 10.1. The van der Waals surface area contributed by atoms with Gasteiger partial charge in [-0.3, -0.25) is 0 Å². The highest BCUT2D eigenvalue weighted by Gasteiger charge is 2.21. The molecule has 0 aromatic heterocycles. The number of benzene rings is 1. The van der Waals surface area contributed by atoms with Gasteiger partial charge in [0.15, 0.2) is 0 Å². The molecule has 0 amide bonds. The lowest BCUT2D eigenvalue weighted by Crippen LogP contribution is -2.13. The normalized spacial score (nSPS) is 28.1. The SMILES string of the molecule is CCCC1CCC(/C=C/C#Cc2ccc(C3CCC(CCC)CC3)cc2)CC1. The lowest BCUT2D eigenvalue weighted by atomic mass is 9.77. The maximum atomic E-state index is 3.33. The molecule has 0 unspecified atom stereocenters. The minimum absolute atomic E-state index is 0.757. The summed E-state index contributed by atoms with van der Waals surface area (Å²) in [7, 11) is 0. The van der Waals surface area contributed by atoms with Gasteiger partial charge in [-0.25, -0.2) is 0 Å². The zero-order chi connectivity index (χ0) is 19.6. The van der Waals surface area contributed by atoms with Gasteiger partial charge in [0.2, 0.25) is 0 Å². The van der Waals surface area contributed by atoms with Crippen LogP contribution in [0.2, 0.25) is 0 Å². The molecule has 0 atom stereocenters. The fourth-order valence-corrected chi connectivity index (χ4v) is 5.42. The van der Waals surface area contributed by atoms with E-state index in [1.165, 1.54) is 82.6 Å². The fraction of sp³-hybridized carbons (Fsp3) is 0.643. The first-order valence-corrected chi connectivity index (χ1v) is 12.1. The van der Waals surface area contributed by atoms with Crippen LogP contribution in [0.1, 0.15) is 108 Å². The van der Waals surface area contributed by atoms with E-state index in [1.54, 1.807) is 0 Å². The number of hydrogen-bond donors (Lipinski definition) is 0. The van der Waals surface area contributed by atoms with Crippen molar-refractivity contribution in [1.29, 1.82) is 0 Å². The Morgan fingerprint density at radius 3 is 1.93 bits per heavy atom. The average Bonchev–Trinajstić information content (AvgIpc) is 2.74.